The molecule has 0 aromatic heterocycles. The van der Waals surface area contributed by atoms with Crippen LogP contribution in [0.3, 0.4) is 0 Å². The summed E-state index contributed by atoms with van der Waals surface area (Å²) in [6.07, 6.45) is 1.04. The third-order valence-electron chi connectivity index (χ3n) is 1.62. The molecule has 0 atom stereocenters. The zero-order valence-electron chi connectivity index (χ0n) is 6.49. The number of hydrogen-bond donors (Lipinski definition) is 2. The Balaban J connectivity index is 3.52. The number of nitrogens with two attached hydrogens (primary N) is 1. The highest BCUT2D eigenvalue weighted by atomic mass is 79.9. The summed E-state index contributed by atoms with van der Waals surface area (Å²) in [6.45, 7) is 1.75. The lowest BCUT2D eigenvalue weighted by Crippen LogP contribution is -1.99. The van der Waals surface area contributed by atoms with Gasteiger partial charge in [-0.2, -0.15) is 0 Å². The molecule has 0 radical (unpaired) electrons. The Kier molecular flexibility index (Phi) is 2.47. The van der Waals surface area contributed by atoms with Crippen LogP contribution in [0.5, 0.6) is 0 Å². The smallest absolute Gasteiger partial charge is 0.147 e. The molecule has 1 rings (SSSR count). The minimum atomic E-state index is -0.478. The summed E-state index contributed by atoms with van der Waals surface area (Å²) < 4.78 is 13.6. The van der Waals surface area contributed by atoms with Crippen molar-refractivity contribution >= 4 is 27.8 Å². The quantitative estimate of drug-likeness (QED) is 0.566. The lowest BCUT2D eigenvalue weighted by Gasteiger charge is -2.06. The molecule has 0 heterocycles. The fraction of sp³-hybridized carbons (Fsp3) is 0.125. The zero-order chi connectivity index (χ0) is 9.30. The molecule has 0 aliphatic rings. The van der Waals surface area contributed by atoms with Crippen LogP contribution in [0.2, 0.25) is 0 Å². The molecule has 3 N–H and O–H groups in total. The molecule has 0 unspecified atom stereocenters. The van der Waals surface area contributed by atoms with Gasteiger partial charge < -0.3 is 11.1 Å². The van der Waals surface area contributed by atoms with Crippen molar-refractivity contribution in [3.05, 3.63) is 27.5 Å². The predicted molar refractivity (Wildman–Crippen MR) is 51.1 cm³/mol. The van der Waals surface area contributed by atoms with Crippen LogP contribution >= 0.6 is 15.9 Å². The first kappa shape index (κ1) is 9.19. The summed E-state index contributed by atoms with van der Waals surface area (Å²) in [5.41, 5.74) is 6.55. The van der Waals surface area contributed by atoms with Crippen LogP contribution in [0.4, 0.5) is 10.1 Å². The standard InChI is InChI=1S/C8H8BrFN2/c1-4-2-6(10)8(12)5(3-11)7(4)9/h2-3,11H,12H2,1H3. The molecule has 0 amide bonds. The molecule has 64 valence electrons. The fourth-order valence-electron chi connectivity index (χ4n) is 0.932. The van der Waals surface area contributed by atoms with Gasteiger partial charge in [-0.3, -0.25) is 0 Å². The van der Waals surface area contributed by atoms with Gasteiger partial charge in [0.1, 0.15) is 5.82 Å². The van der Waals surface area contributed by atoms with Crippen molar-refractivity contribution in [2.45, 2.75) is 6.92 Å². The van der Waals surface area contributed by atoms with Gasteiger partial charge in [0, 0.05) is 16.3 Å². The fourth-order valence-corrected chi connectivity index (χ4v) is 1.37. The second-order valence-electron chi connectivity index (χ2n) is 2.46. The Morgan fingerprint density at radius 2 is 2.25 bits per heavy atom. The minimum absolute atomic E-state index is 0.0162. The Bertz CT molecular complexity index is 310. The van der Waals surface area contributed by atoms with Gasteiger partial charge in [-0.05, 0) is 34.5 Å². The number of aryl methyl sites for hydroxylation is 1. The zero-order valence-corrected chi connectivity index (χ0v) is 8.07. The molecule has 0 aliphatic heterocycles. The monoisotopic (exact) mass is 230 g/mol. The SMILES string of the molecule is Cc1cc(F)c(N)c(C=N)c1Br. The largest absolute Gasteiger partial charge is 0.396 e. The maximum Gasteiger partial charge on any atom is 0.147 e. The van der Waals surface area contributed by atoms with Gasteiger partial charge in [0.15, 0.2) is 0 Å². The second-order valence-corrected chi connectivity index (χ2v) is 3.25. The minimum Gasteiger partial charge on any atom is -0.396 e. The molecule has 0 bridgehead atoms. The summed E-state index contributed by atoms with van der Waals surface area (Å²) in [5.74, 6) is -0.478. The number of nitrogen functional groups attached to an aromatic ring is 1. The van der Waals surface area contributed by atoms with E-state index in [2.05, 4.69) is 15.9 Å². The summed E-state index contributed by atoms with van der Waals surface area (Å²) >= 11 is 3.23. The van der Waals surface area contributed by atoms with E-state index in [9.17, 15) is 4.39 Å². The van der Waals surface area contributed by atoms with E-state index < -0.39 is 5.82 Å². The van der Waals surface area contributed by atoms with E-state index in [1.807, 2.05) is 0 Å². The van der Waals surface area contributed by atoms with E-state index in [4.69, 9.17) is 11.1 Å². The first-order chi connectivity index (χ1) is 5.57. The van der Waals surface area contributed by atoms with Gasteiger partial charge in [0.05, 0.1) is 5.69 Å². The van der Waals surface area contributed by atoms with Crippen LogP contribution in [0, 0.1) is 18.2 Å². The van der Waals surface area contributed by atoms with Crippen molar-refractivity contribution in [1.82, 2.24) is 0 Å². The van der Waals surface area contributed by atoms with Crippen LogP contribution in [0.25, 0.3) is 0 Å². The summed E-state index contributed by atoms with van der Waals surface area (Å²) in [5, 5.41) is 7.02. The van der Waals surface area contributed by atoms with E-state index in [1.165, 1.54) is 6.07 Å². The van der Waals surface area contributed by atoms with Gasteiger partial charge in [-0.15, -0.1) is 0 Å². The van der Waals surface area contributed by atoms with Gasteiger partial charge in [0.2, 0.25) is 0 Å². The van der Waals surface area contributed by atoms with Gasteiger partial charge in [-0.25, -0.2) is 4.39 Å². The Morgan fingerprint density at radius 1 is 1.67 bits per heavy atom. The number of hydrogen-bond acceptors (Lipinski definition) is 2. The highest BCUT2D eigenvalue weighted by Gasteiger charge is 2.09. The Morgan fingerprint density at radius 3 is 2.75 bits per heavy atom. The molecule has 0 saturated carbocycles. The highest BCUT2D eigenvalue weighted by Crippen LogP contribution is 2.27. The van der Waals surface area contributed by atoms with E-state index in [0.29, 0.717) is 10.0 Å². The Labute approximate surface area is 78.2 Å². The van der Waals surface area contributed by atoms with Crippen molar-refractivity contribution < 1.29 is 4.39 Å². The number of halogens is 2. The average molecular weight is 231 g/mol. The molecule has 0 spiro atoms. The van der Waals surface area contributed by atoms with E-state index in [1.54, 1.807) is 6.92 Å². The van der Waals surface area contributed by atoms with Crippen molar-refractivity contribution in [3.8, 4) is 0 Å². The third kappa shape index (κ3) is 1.34. The maximum atomic E-state index is 13.0. The number of anilines is 1. The highest BCUT2D eigenvalue weighted by molar-refractivity contribution is 9.10. The van der Waals surface area contributed by atoms with Gasteiger partial charge >= 0.3 is 0 Å². The summed E-state index contributed by atoms with van der Waals surface area (Å²) in [7, 11) is 0. The van der Waals surface area contributed by atoms with Crippen LogP contribution in [0.1, 0.15) is 11.1 Å². The molecular weight excluding hydrogens is 223 g/mol. The van der Waals surface area contributed by atoms with E-state index in [-0.39, 0.29) is 5.69 Å². The van der Waals surface area contributed by atoms with Crippen molar-refractivity contribution in [1.29, 1.82) is 5.41 Å². The van der Waals surface area contributed by atoms with Crippen molar-refractivity contribution in [3.63, 3.8) is 0 Å². The van der Waals surface area contributed by atoms with E-state index >= 15 is 0 Å². The van der Waals surface area contributed by atoms with E-state index in [0.717, 1.165) is 11.8 Å². The first-order valence-electron chi connectivity index (χ1n) is 3.32. The van der Waals surface area contributed by atoms with Crippen LogP contribution < -0.4 is 5.73 Å². The topological polar surface area (TPSA) is 49.9 Å². The number of benzene rings is 1. The molecule has 2 nitrogen and oxygen atoms in total. The molecule has 4 heteroatoms. The molecule has 12 heavy (non-hydrogen) atoms. The van der Waals surface area contributed by atoms with Gasteiger partial charge in [0.25, 0.3) is 0 Å². The molecule has 1 aromatic carbocycles. The predicted octanol–water partition coefficient (Wildman–Crippen LogP) is 2.48. The van der Waals surface area contributed by atoms with Gasteiger partial charge in [-0.1, -0.05) is 0 Å². The summed E-state index contributed by atoms with van der Waals surface area (Å²) in [6, 6.07) is 1.34. The van der Waals surface area contributed by atoms with Crippen LogP contribution in [-0.4, -0.2) is 6.21 Å². The lowest BCUT2D eigenvalue weighted by atomic mass is 10.1. The average Bonchev–Trinajstić information content (AvgIpc) is 2.02. The first-order valence-corrected chi connectivity index (χ1v) is 4.11. The molecule has 0 aliphatic carbocycles. The lowest BCUT2D eigenvalue weighted by molar-refractivity contribution is 0.631. The third-order valence-corrected chi connectivity index (χ3v) is 2.67. The molecule has 1 aromatic rings. The molecular formula is C8H8BrFN2. The Hall–Kier alpha value is -0.900. The molecule has 0 fully saturated rings. The second kappa shape index (κ2) is 3.23. The summed E-state index contributed by atoms with van der Waals surface area (Å²) in [4.78, 5) is 0. The van der Waals surface area contributed by atoms with Crippen molar-refractivity contribution in [2.24, 2.45) is 0 Å². The van der Waals surface area contributed by atoms with Crippen LogP contribution in [-0.2, 0) is 0 Å². The normalized spacial score (nSPS) is 9.92. The maximum absolute atomic E-state index is 13.0. The molecule has 0 saturated heterocycles. The van der Waals surface area contributed by atoms with Crippen LogP contribution in [0.15, 0.2) is 10.5 Å². The number of nitrogens with one attached hydrogen (secondary N) is 1. The van der Waals surface area contributed by atoms with Crippen molar-refractivity contribution in [2.75, 3.05) is 5.73 Å². The number of rotatable bonds is 1.